The first-order chi connectivity index (χ1) is 6.46. The van der Waals surface area contributed by atoms with Crippen molar-refractivity contribution in [1.29, 1.82) is 0 Å². The second kappa shape index (κ2) is 2.01. The average molecular weight is 196 g/mol. The minimum absolute atomic E-state index is 0.116. The van der Waals surface area contributed by atoms with Crippen molar-refractivity contribution in [3.8, 4) is 0 Å². The highest BCUT2D eigenvalue weighted by Gasteiger charge is 2.78. The van der Waals surface area contributed by atoms with Gasteiger partial charge in [-0.2, -0.15) is 0 Å². The van der Waals surface area contributed by atoms with Crippen LogP contribution in [-0.4, -0.2) is 23.3 Å². The third-order valence-electron chi connectivity index (χ3n) is 5.54. The van der Waals surface area contributed by atoms with Crippen LogP contribution < -0.4 is 0 Å². The number of ether oxygens (including phenoxy) is 1. The van der Waals surface area contributed by atoms with Gasteiger partial charge in [0.15, 0.2) is 5.60 Å². The van der Waals surface area contributed by atoms with Crippen LogP contribution in [0.4, 0.5) is 0 Å². The number of carbonyl (C=O) groups is 1. The predicted molar refractivity (Wildman–Crippen MR) is 49.9 cm³/mol. The van der Waals surface area contributed by atoms with E-state index in [1.807, 2.05) is 0 Å². The van der Waals surface area contributed by atoms with Gasteiger partial charge in [-0.25, -0.2) is 4.79 Å². The predicted octanol–water partition coefficient (Wildman–Crippen LogP) is 1.67. The van der Waals surface area contributed by atoms with Crippen LogP contribution in [0.5, 0.6) is 0 Å². The van der Waals surface area contributed by atoms with Gasteiger partial charge in [-0.3, -0.25) is 0 Å². The fraction of sp³-hybridized carbons (Fsp3) is 0.909. The van der Waals surface area contributed by atoms with Crippen LogP contribution >= 0.6 is 0 Å². The summed E-state index contributed by atoms with van der Waals surface area (Å²) in [5.41, 5.74) is -0.868. The minimum Gasteiger partial charge on any atom is -0.479 e. The molecule has 0 radical (unpaired) electrons. The van der Waals surface area contributed by atoms with Crippen molar-refractivity contribution in [2.45, 2.75) is 38.7 Å². The second-order valence-electron chi connectivity index (χ2n) is 5.61. The third-order valence-corrected chi connectivity index (χ3v) is 5.54. The Kier molecular flexibility index (Phi) is 1.25. The topological polar surface area (TPSA) is 46.5 Å². The second-order valence-corrected chi connectivity index (χ2v) is 5.61. The van der Waals surface area contributed by atoms with E-state index in [-0.39, 0.29) is 10.8 Å². The van der Waals surface area contributed by atoms with E-state index in [9.17, 15) is 9.90 Å². The molecule has 3 aliphatic rings. The van der Waals surface area contributed by atoms with Gasteiger partial charge in [-0.05, 0) is 25.2 Å². The molecule has 0 spiro atoms. The number of hydrogen-bond acceptors (Lipinski definition) is 2. The van der Waals surface area contributed by atoms with Crippen LogP contribution in [0, 0.1) is 16.7 Å². The summed E-state index contributed by atoms with van der Waals surface area (Å²) in [7, 11) is 0. The monoisotopic (exact) mass is 196 g/mol. The van der Waals surface area contributed by atoms with Gasteiger partial charge in [0.05, 0.1) is 6.61 Å². The maximum Gasteiger partial charge on any atom is 0.336 e. The lowest BCUT2D eigenvalue weighted by Crippen LogP contribution is -2.49. The Balaban J connectivity index is 2.18. The maximum atomic E-state index is 11.4. The summed E-state index contributed by atoms with van der Waals surface area (Å²) in [6.07, 6.45) is 2.93. The summed E-state index contributed by atoms with van der Waals surface area (Å²) in [6.45, 7) is 4.96. The van der Waals surface area contributed by atoms with Gasteiger partial charge in [0.1, 0.15) is 0 Å². The SMILES string of the molecule is CC12CCC3C[C@]1(C(=O)O)OC[C@]32C. The largest absolute Gasteiger partial charge is 0.479 e. The highest BCUT2D eigenvalue weighted by Crippen LogP contribution is 2.74. The van der Waals surface area contributed by atoms with Crippen molar-refractivity contribution in [2.75, 3.05) is 6.61 Å². The molecule has 1 saturated heterocycles. The first-order valence-corrected chi connectivity index (χ1v) is 5.34. The summed E-state index contributed by atoms with van der Waals surface area (Å²) in [4.78, 5) is 11.4. The zero-order valence-electron chi connectivity index (χ0n) is 8.67. The van der Waals surface area contributed by atoms with Gasteiger partial charge in [0, 0.05) is 10.8 Å². The molecule has 0 amide bonds. The molecule has 1 N–H and O–H groups in total. The van der Waals surface area contributed by atoms with Gasteiger partial charge >= 0.3 is 5.97 Å². The van der Waals surface area contributed by atoms with Crippen LogP contribution in [-0.2, 0) is 9.53 Å². The van der Waals surface area contributed by atoms with Crippen molar-refractivity contribution in [2.24, 2.45) is 16.7 Å². The van der Waals surface area contributed by atoms with Crippen LogP contribution in [0.15, 0.2) is 0 Å². The molecular weight excluding hydrogens is 180 g/mol. The molecule has 3 heteroatoms. The number of carboxylic acid groups (broad SMARTS) is 1. The molecule has 4 atom stereocenters. The van der Waals surface area contributed by atoms with E-state index in [1.165, 1.54) is 6.42 Å². The lowest BCUT2D eigenvalue weighted by Gasteiger charge is -2.37. The zero-order chi connectivity index (χ0) is 10.2. The Morgan fingerprint density at radius 3 is 2.64 bits per heavy atom. The number of hydrogen-bond donors (Lipinski definition) is 1. The number of rotatable bonds is 1. The Morgan fingerprint density at radius 2 is 2.21 bits per heavy atom. The van der Waals surface area contributed by atoms with Crippen molar-refractivity contribution in [1.82, 2.24) is 0 Å². The molecule has 2 aliphatic carbocycles. The smallest absolute Gasteiger partial charge is 0.336 e. The van der Waals surface area contributed by atoms with Crippen molar-refractivity contribution < 1.29 is 14.6 Å². The van der Waals surface area contributed by atoms with Gasteiger partial charge in [-0.15, -0.1) is 0 Å². The van der Waals surface area contributed by atoms with Crippen LogP contribution in [0.25, 0.3) is 0 Å². The highest BCUT2D eigenvalue weighted by atomic mass is 16.5. The molecule has 0 aromatic carbocycles. The molecule has 78 valence electrons. The van der Waals surface area contributed by atoms with E-state index in [1.54, 1.807) is 0 Å². The Bertz CT molecular complexity index is 326. The van der Waals surface area contributed by atoms with Gasteiger partial charge in [0.2, 0.25) is 0 Å². The molecule has 14 heavy (non-hydrogen) atoms. The van der Waals surface area contributed by atoms with Crippen LogP contribution in [0.1, 0.15) is 33.1 Å². The lowest BCUT2D eigenvalue weighted by molar-refractivity contribution is -0.174. The minimum atomic E-state index is -0.856. The summed E-state index contributed by atoms with van der Waals surface area (Å²) < 4.78 is 5.64. The molecule has 4 bridgehead atoms. The molecule has 3 fully saturated rings. The summed E-state index contributed by atoms with van der Waals surface area (Å²) in [5.74, 6) is -0.178. The van der Waals surface area contributed by atoms with Crippen molar-refractivity contribution in [3.63, 3.8) is 0 Å². The Labute approximate surface area is 83.4 Å². The van der Waals surface area contributed by atoms with Crippen molar-refractivity contribution in [3.05, 3.63) is 0 Å². The highest BCUT2D eigenvalue weighted by molar-refractivity contribution is 5.81. The van der Waals surface area contributed by atoms with E-state index in [0.717, 1.165) is 12.8 Å². The van der Waals surface area contributed by atoms with E-state index >= 15 is 0 Å². The summed E-state index contributed by atoms with van der Waals surface area (Å²) >= 11 is 0. The quantitative estimate of drug-likeness (QED) is 0.693. The molecule has 0 aromatic rings. The normalized spacial score (nSPS) is 59.4. The summed E-state index contributed by atoms with van der Waals surface area (Å²) in [6, 6.07) is 0. The lowest BCUT2D eigenvalue weighted by atomic mass is 9.66. The fourth-order valence-corrected chi connectivity index (χ4v) is 4.23. The Morgan fingerprint density at radius 1 is 1.50 bits per heavy atom. The van der Waals surface area contributed by atoms with Gasteiger partial charge in [0.25, 0.3) is 0 Å². The fourth-order valence-electron chi connectivity index (χ4n) is 4.23. The Hall–Kier alpha value is -0.570. The van der Waals surface area contributed by atoms with E-state index < -0.39 is 11.6 Å². The molecule has 1 heterocycles. The van der Waals surface area contributed by atoms with E-state index in [2.05, 4.69) is 13.8 Å². The molecule has 1 aliphatic heterocycles. The molecular formula is C11H16O3. The standard InChI is InChI=1S/C11H16O3/c1-9-6-14-11(8(12)13)5-7(9)3-4-10(9,11)2/h7H,3-6H2,1-2H3,(H,12,13)/t7?,9-,10?,11-/m1/s1. The van der Waals surface area contributed by atoms with Crippen LogP contribution in [0.2, 0.25) is 0 Å². The third kappa shape index (κ3) is 0.553. The molecule has 2 unspecified atom stereocenters. The molecule has 2 saturated carbocycles. The van der Waals surface area contributed by atoms with Crippen LogP contribution in [0.3, 0.4) is 0 Å². The number of aliphatic carboxylic acids is 1. The molecule has 0 aromatic heterocycles. The van der Waals surface area contributed by atoms with Gasteiger partial charge in [-0.1, -0.05) is 13.8 Å². The summed E-state index contributed by atoms with van der Waals surface area (Å²) in [5, 5.41) is 9.37. The average Bonchev–Trinajstić information content (AvgIpc) is 2.58. The zero-order valence-corrected chi connectivity index (χ0v) is 8.67. The molecule has 3 rings (SSSR count). The van der Waals surface area contributed by atoms with E-state index in [0.29, 0.717) is 12.5 Å². The number of carboxylic acids is 1. The maximum absolute atomic E-state index is 11.4. The van der Waals surface area contributed by atoms with E-state index in [4.69, 9.17) is 4.74 Å². The first kappa shape index (κ1) is 8.72. The first-order valence-electron chi connectivity index (χ1n) is 5.34. The van der Waals surface area contributed by atoms with Crippen molar-refractivity contribution >= 4 is 5.97 Å². The van der Waals surface area contributed by atoms with Gasteiger partial charge < -0.3 is 9.84 Å². The molecule has 3 nitrogen and oxygen atoms in total.